The summed E-state index contributed by atoms with van der Waals surface area (Å²) in [5.41, 5.74) is 7.77. The summed E-state index contributed by atoms with van der Waals surface area (Å²) < 4.78 is 5.27. The van der Waals surface area contributed by atoms with E-state index in [4.69, 9.17) is 16.3 Å². The zero-order valence-corrected chi connectivity index (χ0v) is 15.7. The van der Waals surface area contributed by atoms with Crippen LogP contribution in [-0.2, 0) is 9.53 Å². The highest BCUT2D eigenvalue weighted by Gasteiger charge is 2.27. The van der Waals surface area contributed by atoms with E-state index in [1.165, 1.54) is 5.56 Å². The molecule has 6 nitrogen and oxygen atoms in total. The van der Waals surface area contributed by atoms with E-state index in [2.05, 4.69) is 28.3 Å². The van der Waals surface area contributed by atoms with Gasteiger partial charge in [0.15, 0.2) is 0 Å². The van der Waals surface area contributed by atoms with Crippen LogP contribution in [0.15, 0.2) is 24.3 Å². The van der Waals surface area contributed by atoms with Gasteiger partial charge >= 0.3 is 0 Å². The van der Waals surface area contributed by atoms with Crippen molar-refractivity contribution < 1.29 is 9.53 Å². The topological polar surface area (TPSA) is 65.6 Å². The molecular formula is C17H26Cl2N4O2. The van der Waals surface area contributed by atoms with Gasteiger partial charge in [-0.15, -0.1) is 12.4 Å². The zero-order valence-electron chi connectivity index (χ0n) is 14.2. The molecule has 0 saturated carbocycles. The number of carbonyl (C=O) groups is 1. The highest BCUT2D eigenvalue weighted by molar-refractivity contribution is 6.30. The molecule has 140 valence electrons. The molecule has 3 rings (SSSR count). The third kappa shape index (κ3) is 5.81. The van der Waals surface area contributed by atoms with Gasteiger partial charge in [-0.3, -0.25) is 10.2 Å². The second kappa shape index (κ2) is 10.3. The third-order valence-corrected chi connectivity index (χ3v) is 4.86. The Balaban J connectivity index is 0.00000225. The fraction of sp³-hybridized carbons (Fsp3) is 0.588. The van der Waals surface area contributed by atoms with Crippen LogP contribution in [0.3, 0.4) is 0 Å². The molecule has 2 aliphatic heterocycles. The lowest BCUT2D eigenvalue weighted by molar-refractivity contribution is -0.135. The van der Waals surface area contributed by atoms with Crippen LogP contribution in [0.4, 0.5) is 0 Å². The van der Waals surface area contributed by atoms with Gasteiger partial charge in [0, 0.05) is 50.1 Å². The summed E-state index contributed by atoms with van der Waals surface area (Å²) in [5.74, 6) is 0.646. The van der Waals surface area contributed by atoms with Crippen LogP contribution >= 0.6 is 24.0 Å². The van der Waals surface area contributed by atoms with Crippen molar-refractivity contribution in [3.8, 4) is 0 Å². The summed E-state index contributed by atoms with van der Waals surface area (Å²) >= 11 is 5.96. The molecular weight excluding hydrogens is 363 g/mol. The summed E-state index contributed by atoms with van der Waals surface area (Å²) in [4.78, 5) is 14.0. The minimum Gasteiger partial charge on any atom is -0.378 e. The van der Waals surface area contributed by atoms with Crippen LogP contribution in [0.2, 0.25) is 5.02 Å². The maximum Gasteiger partial charge on any atom is 0.224 e. The normalized spacial score (nSPS) is 23.3. The van der Waals surface area contributed by atoms with E-state index in [9.17, 15) is 4.79 Å². The predicted molar refractivity (Wildman–Crippen MR) is 101 cm³/mol. The van der Waals surface area contributed by atoms with Gasteiger partial charge in [-0.25, -0.2) is 5.43 Å². The molecule has 0 radical (unpaired) electrons. The van der Waals surface area contributed by atoms with E-state index in [1.54, 1.807) is 0 Å². The lowest BCUT2D eigenvalue weighted by atomic mass is 9.95. The molecule has 3 N–H and O–H groups in total. The SMILES string of the molecule is Cl.O=C(CCNCC1CNNC1c1ccc(Cl)cc1)N1CCOCC1. The summed E-state index contributed by atoms with van der Waals surface area (Å²) in [6, 6.07) is 8.21. The van der Waals surface area contributed by atoms with Crippen LogP contribution in [0.25, 0.3) is 0 Å². The predicted octanol–water partition coefficient (Wildman–Crippen LogP) is 1.37. The average molecular weight is 389 g/mol. The molecule has 2 saturated heterocycles. The number of rotatable bonds is 6. The van der Waals surface area contributed by atoms with Crippen molar-refractivity contribution in [1.82, 2.24) is 21.1 Å². The van der Waals surface area contributed by atoms with Crippen LogP contribution in [0, 0.1) is 5.92 Å². The molecule has 0 aromatic heterocycles. The van der Waals surface area contributed by atoms with E-state index >= 15 is 0 Å². The lowest BCUT2D eigenvalue weighted by Gasteiger charge is -2.27. The Labute approximate surface area is 160 Å². The number of nitrogens with zero attached hydrogens (tertiary/aromatic N) is 1. The number of ether oxygens (including phenoxy) is 1. The molecule has 0 aliphatic carbocycles. The summed E-state index contributed by atoms with van der Waals surface area (Å²) in [7, 11) is 0. The van der Waals surface area contributed by atoms with Crippen LogP contribution in [-0.4, -0.2) is 56.7 Å². The van der Waals surface area contributed by atoms with Crippen molar-refractivity contribution in [2.75, 3.05) is 45.9 Å². The molecule has 2 aliphatic rings. The van der Waals surface area contributed by atoms with Gasteiger partial charge < -0.3 is 15.0 Å². The molecule has 1 aromatic carbocycles. The van der Waals surface area contributed by atoms with Crippen molar-refractivity contribution in [3.05, 3.63) is 34.9 Å². The molecule has 1 amide bonds. The number of nitrogens with one attached hydrogen (secondary N) is 3. The first-order valence-electron chi connectivity index (χ1n) is 8.54. The van der Waals surface area contributed by atoms with E-state index in [1.807, 2.05) is 17.0 Å². The Morgan fingerprint density at radius 2 is 2.00 bits per heavy atom. The Morgan fingerprint density at radius 3 is 2.72 bits per heavy atom. The highest BCUT2D eigenvalue weighted by Crippen LogP contribution is 2.25. The summed E-state index contributed by atoms with van der Waals surface area (Å²) in [5, 5.41) is 4.17. The fourth-order valence-electron chi connectivity index (χ4n) is 3.20. The first-order valence-corrected chi connectivity index (χ1v) is 8.92. The minimum atomic E-state index is 0. The van der Waals surface area contributed by atoms with E-state index < -0.39 is 0 Å². The standard InChI is InChI=1S/C17H25ClN4O2.ClH/c18-15-3-1-13(2-4-15)17-14(12-20-21-17)11-19-6-5-16(23)22-7-9-24-10-8-22;/h1-4,14,17,19-21H,5-12H2;1H. The van der Waals surface area contributed by atoms with Gasteiger partial charge in [-0.1, -0.05) is 23.7 Å². The Kier molecular flexibility index (Phi) is 8.42. The third-order valence-electron chi connectivity index (χ3n) is 4.61. The monoisotopic (exact) mass is 388 g/mol. The Morgan fingerprint density at radius 1 is 1.28 bits per heavy atom. The number of benzene rings is 1. The second-order valence-corrected chi connectivity index (χ2v) is 6.70. The molecule has 8 heteroatoms. The largest absolute Gasteiger partial charge is 0.378 e. The first kappa shape index (κ1) is 20.4. The van der Waals surface area contributed by atoms with Gasteiger partial charge in [0.05, 0.1) is 19.3 Å². The Bertz CT molecular complexity index is 538. The van der Waals surface area contributed by atoms with Crippen LogP contribution < -0.4 is 16.2 Å². The van der Waals surface area contributed by atoms with Gasteiger partial charge in [0.25, 0.3) is 0 Å². The van der Waals surface area contributed by atoms with Gasteiger partial charge in [0.1, 0.15) is 0 Å². The fourth-order valence-corrected chi connectivity index (χ4v) is 3.33. The lowest BCUT2D eigenvalue weighted by Crippen LogP contribution is -2.42. The van der Waals surface area contributed by atoms with E-state index in [0.29, 0.717) is 45.2 Å². The number of hydrogen-bond donors (Lipinski definition) is 3. The molecule has 0 spiro atoms. The molecule has 2 atom stereocenters. The number of halogens is 2. The average Bonchev–Trinajstić information content (AvgIpc) is 3.08. The quantitative estimate of drug-likeness (QED) is 0.642. The number of hydrogen-bond acceptors (Lipinski definition) is 5. The molecule has 2 fully saturated rings. The maximum atomic E-state index is 12.1. The van der Waals surface area contributed by atoms with Crippen molar-refractivity contribution in [2.45, 2.75) is 12.5 Å². The molecule has 0 bridgehead atoms. The smallest absolute Gasteiger partial charge is 0.224 e. The van der Waals surface area contributed by atoms with Crippen LogP contribution in [0.5, 0.6) is 0 Å². The van der Waals surface area contributed by atoms with Crippen molar-refractivity contribution in [1.29, 1.82) is 0 Å². The molecule has 25 heavy (non-hydrogen) atoms. The molecule has 2 unspecified atom stereocenters. The first-order chi connectivity index (χ1) is 11.7. The van der Waals surface area contributed by atoms with E-state index in [0.717, 1.165) is 18.1 Å². The number of carbonyl (C=O) groups excluding carboxylic acids is 1. The number of morpholine rings is 1. The van der Waals surface area contributed by atoms with E-state index in [-0.39, 0.29) is 24.4 Å². The highest BCUT2D eigenvalue weighted by atomic mass is 35.5. The van der Waals surface area contributed by atoms with Gasteiger partial charge in [0.2, 0.25) is 5.91 Å². The van der Waals surface area contributed by atoms with Crippen molar-refractivity contribution in [3.63, 3.8) is 0 Å². The van der Waals surface area contributed by atoms with Crippen molar-refractivity contribution >= 4 is 29.9 Å². The number of amides is 1. The van der Waals surface area contributed by atoms with Crippen molar-refractivity contribution in [2.24, 2.45) is 5.92 Å². The minimum absolute atomic E-state index is 0. The Hall–Kier alpha value is -0.890. The maximum absolute atomic E-state index is 12.1. The molecule has 2 heterocycles. The zero-order chi connectivity index (χ0) is 16.8. The summed E-state index contributed by atoms with van der Waals surface area (Å²) in [6.45, 7) is 5.21. The van der Waals surface area contributed by atoms with Crippen LogP contribution in [0.1, 0.15) is 18.0 Å². The number of hydrazine groups is 1. The van der Waals surface area contributed by atoms with Gasteiger partial charge in [-0.05, 0) is 17.7 Å². The summed E-state index contributed by atoms with van der Waals surface area (Å²) in [6.07, 6.45) is 0.541. The van der Waals surface area contributed by atoms with Gasteiger partial charge in [-0.2, -0.15) is 0 Å². The molecule has 1 aromatic rings. The second-order valence-electron chi connectivity index (χ2n) is 6.26.